The highest BCUT2D eigenvalue weighted by Crippen LogP contribution is 2.34. The SMILES string of the molecule is COc1ccc(C=C2SC(=S)N(NC(=O)COc3cc(Cl)c(Cl)cc3Cl)C2=O)cc1. The molecule has 1 aliphatic heterocycles. The number of benzene rings is 2. The molecule has 2 amide bonds. The second-order valence-electron chi connectivity index (χ2n) is 5.81. The Labute approximate surface area is 197 Å². The summed E-state index contributed by atoms with van der Waals surface area (Å²) in [6.45, 7) is -0.410. The third-order valence-electron chi connectivity index (χ3n) is 3.78. The molecule has 0 radical (unpaired) electrons. The van der Waals surface area contributed by atoms with Crippen molar-refractivity contribution in [2.45, 2.75) is 0 Å². The molecule has 0 aromatic heterocycles. The topological polar surface area (TPSA) is 67.9 Å². The van der Waals surface area contributed by atoms with Gasteiger partial charge in [0.05, 0.1) is 27.1 Å². The maximum absolute atomic E-state index is 12.6. The Morgan fingerprint density at radius 1 is 1.17 bits per heavy atom. The van der Waals surface area contributed by atoms with E-state index in [0.717, 1.165) is 22.3 Å². The summed E-state index contributed by atoms with van der Waals surface area (Å²) in [4.78, 5) is 25.2. The van der Waals surface area contributed by atoms with Crippen molar-refractivity contribution in [3.63, 3.8) is 0 Å². The molecule has 3 rings (SSSR count). The first-order valence-electron chi connectivity index (χ1n) is 8.27. The number of halogens is 3. The molecule has 156 valence electrons. The molecule has 0 atom stereocenters. The van der Waals surface area contributed by atoms with Gasteiger partial charge >= 0.3 is 0 Å². The minimum absolute atomic E-state index is 0.186. The molecule has 0 spiro atoms. The summed E-state index contributed by atoms with van der Waals surface area (Å²) in [6, 6.07) is 9.97. The number of ether oxygens (including phenoxy) is 2. The zero-order valence-electron chi connectivity index (χ0n) is 15.3. The molecule has 2 aromatic rings. The van der Waals surface area contributed by atoms with Gasteiger partial charge in [-0.05, 0) is 42.1 Å². The molecule has 0 bridgehead atoms. The van der Waals surface area contributed by atoms with Crippen LogP contribution in [0, 0.1) is 0 Å². The van der Waals surface area contributed by atoms with Gasteiger partial charge in [0, 0.05) is 6.07 Å². The number of carbonyl (C=O) groups excluding carboxylic acids is 2. The molecule has 1 saturated heterocycles. The van der Waals surface area contributed by atoms with E-state index in [0.29, 0.717) is 10.7 Å². The van der Waals surface area contributed by atoms with E-state index in [9.17, 15) is 9.59 Å². The molecule has 30 heavy (non-hydrogen) atoms. The Balaban J connectivity index is 1.62. The van der Waals surface area contributed by atoms with Crippen LogP contribution in [0.25, 0.3) is 6.08 Å². The Bertz CT molecular complexity index is 1040. The monoisotopic (exact) mass is 502 g/mol. The first-order valence-corrected chi connectivity index (χ1v) is 10.6. The van der Waals surface area contributed by atoms with Crippen LogP contribution in [-0.4, -0.2) is 34.9 Å². The van der Waals surface area contributed by atoms with Crippen LogP contribution in [0.15, 0.2) is 41.3 Å². The third-order valence-corrected chi connectivity index (χ3v) is 6.10. The van der Waals surface area contributed by atoms with Gasteiger partial charge < -0.3 is 9.47 Å². The number of nitrogens with zero attached hydrogens (tertiary/aromatic N) is 1. The molecule has 1 N–H and O–H groups in total. The van der Waals surface area contributed by atoms with Gasteiger partial charge in [-0.1, -0.05) is 58.7 Å². The fourth-order valence-electron chi connectivity index (χ4n) is 2.33. The molecule has 1 fully saturated rings. The Morgan fingerprint density at radius 3 is 2.50 bits per heavy atom. The summed E-state index contributed by atoms with van der Waals surface area (Å²) in [5.41, 5.74) is 3.21. The van der Waals surface area contributed by atoms with E-state index < -0.39 is 18.4 Å². The Morgan fingerprint density at radius 2 is 1.83 bits per heavy atom. The molecule has 0 saturated carbocycles. The molecule has 0 unspecified atom stereocenters. The minimum Gasteiger partial charge on any atom is -0.497 e. The van der Waals surface area contributed by atoms with Gasteiger partial charge in [-0.25, -0.2) is 0 Å². The van der Waals surface area contributed by atoms with Crippen LogP contribution in [0.4, 0.5) is 0 Å². The van der Waals surface area contributed by atoms with Crippen LogP contribution in [0.3, 0.4) is 0 Å². The Hall–Kier alpha value is -1.97. The number of methoxy groups -OCH3 is 1. The van der Waals surface area contributed by atoms with Crippen LogP contribution in [0.1, 0.15) is 5.56 Å². The van der Waals surface area contributed by atoms with Gasteiger partial charge in [0.1, 0.15) is 11.5 Å². The molecule has 2 aromatic carbocycles. The smallest absolute Gasteiger partial charge is 0.285 e. The largest absolute Gasteiger partial charge is 0.497 e. The number of amides is 2. The lowest BCUT2D eigenvalue weighted by atomic mass is 10.2. The maximum atomic E-state index is 12.6. The van der Waals surface area contributed by atoms with Gasteiger partial charge in [0.25, 0.3) is 11.8 Å². The quantitative estimate of drug-likeness (QED) is 0.341. The van der Waals surface area contributed by atoms with Gasteiger partial charge in [0.15, 0.2) is 10.9 Å². The molecule has 1 heterocycles. The van der Waals surface area contributed by atoms with Crippen molar-refractivity contribution in [1.29, 1.82) is 0 Å². The van der Waals surface area contributed by atoms with Crippen molar-refractivity contribution in [3.05, 3.63) is 61.9 Å². The van der Waals surface area contributed by atoms with Crippen molar-refractivity contribution in [2.75, 3.05) is 13.7 Å². The first kappa shape index (κ1) is 22.7. The van der Waals surface area contributed by atoms with Crippen LogP contribution >= 0.6 is 58.8 Å². The van der Waals surface area contributed by atoms with Crippen molar-refractivity contribution >= 4 is 81.0 Å². The number of hydrazine groups is 1. The molecular weight excluding hydrogens is 491 g/mol. The summed E-state index contributed by atoms with van der Waals surface area (Å²) in [7, 11) is 1.57. The predicted octanol–water partition coefficient (Wildman–Crippen LogP) is 4.97. The lowest BCUT2D eigenvalue weighted by molar-refractivity contribution is -0.134. The highest BCUT2D eigenvalue weighted by atomic mass is 35.5. The van der Waals surface area contributed by atoms with E-state index in [-0.39, 0.29) is 25.1 Å². The summed E-state index contributed by atoms with van der Waals surface area (Å²) in [5.74, 6) is -0.152. The fraction of sp³-hybridized carbons (Fsp3) is 0.105. The van der Waals surface area contributed by atoms with Crippen molar-refractivity contribution in [3.8, 4) is 11.5 Å². The summed E-state index contributed by atoms with van der Waals surface area (Å²) in [6.07, 6.45) is 1.68. The van der Waals surface area contributed by atoms with Gasteiger partial charge in [0.2, 0.25) is 0 Å². The van der Waals surface area contributed by atoms with E-state index in [1.807, 2.05) is 0 Å². The van der Waals surface area contributed by atoms with Crippen LogP contribution in [0.5, 0.6) is 11.5 Å². The minimum atomic E-state index is -0.598. The van der Waals surface area contributed by atoms with E-state index in [4.69, 9.17) is 56.5 Å². The maximum Gasteiger partial charge on any atom is 0.285 e. The van der Waals surface area contributed by atoms with E-state index in [1.165, 1.54) is 12.1 Å². The van der Waals surface area contributed by atoms with Crippen LogP contribution < -0.4 is 14.9 Å². The standard InChI is InChI=1S/C19H13Cl3N2O4S2/c1-27-11-4-2-10(3-5-11)6-16-18(26)24(19(29)30-16)23-17(25)9-28-15-8-13(21)12(20)7-14(15)22/h2-8H,9H2,1H3,(H,23,25). The van der Waals surface area contributed by atoms with E-state index >= 15 is 0 Å². The molecular formula is C19H13Cl3N2O4S2. The van der Waals surface area contributed by atoms with Crippen molar-refractivity contribution < 1.29 is 19.1 Å². The number of hydrogen-bond acceptors (Lipinski definition) is 6. The van der Waals surface area contributed by atoms with Crippen molar-refractivity contribution in [1.82, 2.24) is 10.4 Å². The van der Waals surface area contributed by atoms with Crippen LogP contribution in [-0.2, 0) is 9.59 Å². The molecule has 6 nitrogen and oxygen atoms in total. The summed E-state index contributed by atoms with van der Waals surface area (Å²) in [5, 5.41) is 1.69. The number of thiocarbonyl (C=S) groups is 1. The second-order valence-corrected chi connectivity index (χ2v) is 8.71. The number of thioether (sulfide) groups is 1. The highest BCUT2D eigenvalue weighted by Gasteiger charge is 2.33. The number of nitrogens with one attached hydrogen (secondary N) is 1. The lowest BCUT2D eigenvalue weighted by Gasteiger charge is -2.16. The van der Waals surface area contributed by atoms with Gasteiger partial charge in [-0.3, -0.25) is 15.0 Å². The van der Waals surface area contributed by atoms with Gasteiger partial charge in [-0.15, -0.1) is 0 Å². The first-order chi connectivity index (χ1) is 14.3. The fourth-order valence-corrected chi connectivity index (χ4v) is 4.10. The molecule has 0 aliphatic carbocycles. The number of carbonyl (C=O) groups is 2. The zero-order valence-corrected chi connectivity index (χ0v) is 19.2. The predicted molar refractivity (Wildman–Crippen MR) is 123 cm³/mol. The molecule has 11 heteroatoms. The molecule has 1 aliphatic rings. The zero-order chi connectivity index (χ0) is 21.8. The second kappa shape index (κ2) is 9.89. The number of hydrogen-bond donors (Lipinski definition) is 1. The van der Waals surface area contributed by atoms with E-state index in [1.54, 1.807) is 37.5 Å². The van der Waals surface area contributed by atoms with Crippen LogP contribution in [0.2, 0.25) is 15.1 Å². The Kier molecular flexibility index (Phi) is 7.49. The average molecular weight is 504 g/mol. The lowest BCUT2D eigenvalue weighted by Crippen LogP contribution is -2.46. The highest BCUT2D eigenvalue weighted by molar-refractivity contribution is 8.26. The third kappa shape index (κ3) is 5.39. The number of rotatable bonds is 6. The summed E-state index contributed by atoms with van der Waals surface area (Å²) < 4.78 is 10.7. The van der Waals surface area contributed by atoms with Gasteiger partial charge in [-0.2, -0.15) is 5.01 Å². The van der Waals surface area contributed by atoms with Crippen molar-refractivity contribution in [2.24, 2.45) is 0 Å². The normalized spacial score (nSPS) is 14.9. The average Bonchev–Trinajstić information content (AvgIpc) is 2.97. The summed E-state index contributed by atoms with van der Waals surface area (Å²) >= 11 is 24.1. The van der Waals surface area contributed by atoms with E-state index in [2.05, 4.69) is 5.43 Å².